The van der Waals surface area contributed by atoms with Crippen LogP contribution in [0.5, 0.6) is 5.75 Å². The molecule has 0 N–H and O–H groups in total. The van der Waals surface area contributed by atoms with E-state index in [2.05, 4.69) is 16.8 Å². The van der Waals surface area contributed by atoms with E-state index in [-0.39, 0.29) is 6.10 Å². The highest BCUT2D eigenvalue weighted by molar-refractivity contribution is 5.65. The lowest BCUT2D eigenvalue weighted by molar-refractivity contribution is 0.176. The summed E-state index contributed by atoms with van der Waals surface area (Å²) in [6.07, 6.45) is 3.16. The zero-order chi connectivity index (χ0) is 21.8. The summed E-state index contributed by atoms with van der Waals surface area (Å²) in [4.78, 5) is 0. The third-order valence-corrected chi connectivity index (χ3v) is 4.99. The molecule has 0 amide bonds. The predicted octanol–water partition coefficient (Wildman–Crippen LogP) is 5.41. The van der Waals surface area contributed by atoms with Crippen LogP contribution >= 0.6 is 0 Å². The van der Waals surface area contributed by atoms with Crippen LogP contribution in [0.25, 0.3) is 22.7 Å². The Morgan fingerprint density at radius 2 is 1.87 bits per heavy atom. The van der Waals surface area contributed by atoms with Gasteiger partial charge in [-0.05, 0) is 55.8 Å². The van der Waals surface area contributed by atoms with Gasteiger partial charge in [0, 0.05) is 11.1 Å². The molecule has 0 radical (unpaired) electrons. The summed E-state index contributed by atoms with van der Waals surface area (Å²) in [6.45, 7) is 7.78. The van der Waals surface area contributed by atoms with Crippen LogP contribution in [0.1, 0.15) is 30.0 Å². The Morgan fingerprint density at radius 1 is 1.06 bits per heavy atom. The van der Waals surface area contributed by atoms with Crippen LogP contribution in [0, 0.1) is 6.92 Å². The molecule has 0 saturated heterocycles. The van der Waals surface area contributed by atoms with Crippen molar-refractivity contribution in [2.24, 2.45) is 0 Å². The van der Waals surface area contributed by atoms with Gasteiger partial charge in [0.05, 0.1) is 12.8 Å². The van der Waals surface area contributed by atoms with Gasteiger partial charge in [0.25, 0.3) is 0 Å². The fourth-order valence-corrected chi connectivity index (χ4v) is 3.40. The van der Waals surface area contributed by atoms with Crippen LogP contribution in [0.2, 0.25) is 0 Å². The van der Waals surface area contributed by atoms with E-state index in [0.717, 1.165) is 28.1 Å². The summed E-state index contributed by atoms with van der Waals surface area (Å²) in [6, 6.07) is 19.7. The van der Waals surface area contributed by atoms with E-state index in [9.17, 15) is 0 Å². The van der Waals surface area contributed by atoms with Crippen molar-refractivity contribution >= 4 is 11.4 Å². The number of rotatable bonds is 7. The fourth-order valence-electron chi connectivity index (χ4n) is 3.40. The molecule has 6 heteroatoms. The van der Waals surface area contributed by atoms with E-state index in [0.29, 0.717) is 17.2 Å². The van der Waals surface area contributed by atoms with E-state index < -0.39 is 0 Å². The number of hydrogen-bond donors (Lipinski definition) is 0. The van der Waals surface area contributed by atoms with Crippen molar-refractivity contribution in [1.82, 2.24) is 19.8 Å². The SMILES string of the molecule is C=C/C=C(/OC(C)c1nnc2ccc(-c3ccccc3)nn12)c1ccc(OC)cc1C. The van der Waals surface area contributed by atoms with Crippen LogP contribution in [0.3, 0.4) is 0 Å². The molecule has 6 nitrogen and oxygen atoms in total. The molecule has 0 aliphatic carbocycles. The number of ether oxygens (including phenoxy) is 2. The lowest BCUT2D eigenvalue weighted by Crippen LogP contribution is -2.08. The van der Waals surface area contributed by atoms with Crippen molar-refractivity contribution < 1.29 is 9.47 Å². The summed E-state index contributed by atoms with van der Waals surface area (Å²) in [7, 11) is 1.65. The van der Waals surface area contributed by atoms with Gasteiger partial charge in [-0.3, -0.25) is 0 Å². The maximum atomic E-state index is 6.32. The molecule has 0 aliphatic heterocycles. The second-order valence-electron chi connectivity index (χ2n) is 7.12. The molecule has 0 bridgehead atoms. The smallest absolute Gasteiger partial charge is 0.195 e. The highest BCUT2D eigenvalue weighted by Crippen LogP contribution is 2.29. The number of aromatic nitrogens is 4. The van der Waals surface area contributed by atoms with Crippen LogP contribution in [-0.4, -0.2) is 26.9 Å². The molecule has 0 fully saturated rings. The third-order valence-electron chi connectivity index (χ3n) is 4.99. The van der Waals surface area contributed by atoms with E-state index >= 15 is 0 Å². The van der Waals surface area contributed by atoms with Crippen LogP contribution < -0.4 is 4.74 Å². The Morgan fingerprint density at radius 3 is 2.58 bits per heavy atom. The monoisotopic (exact) mass is 412 g/mol. The van der Waals surface area contributed by atoms with E-state index in [1.54, 1.807) is 17.7 Å². The molecule has 4 rings (SSSR count). The molecule has 156 valence electrons. The molecular formula is C25H24N4O2. The minimum atomic E-state index is -0.388. The van der Waals surface area contributed by atoms with Crippen molar-refractivity contribution in [3.05, 3.63) is 96.3 Å². The minimum Gasteiger partial charge on any atom is -0.497 e. The van der Waals surface area contributed by atoms with Gasteiger partial charge in [0.1, 0.15) is 11.5 Å². The first kappa shape index (κ1) is 20.3. The van der Waals surface area contributed by atoms with Crippen LogP contribution in [-0.2, 0) is 4.74 Å². The number of hydrogen-bond acceptors (Lipinski definition) is 5. The average Bonchev–Trinajstić information content (AvgIpc) is 3.22. The van der Waals surface area contributed by atoms with Crippen molar-refractivity contribution in [2.75, 3.05) is 7.11 Å². The molecule has 1 unspecified atom stereocenters. The molecule has 31 heavy (non-hydrogen) atoms. The number of nitrogens with zero attached hydrogens (tertiary/aromatic N) is 4. The van der Waals surface area contributed by atoms with Gasteiger partial charge in [0.15, 0.2) is 17.6 Å². The Balaban J connectivity index is 1.67. The van der Waals surface area contributed by atoms with Gasteiger partial charge in [-0.15, -0.1) is 10.2 Å². The summed E-state index contributed by atoms with van der Waals surface area (Å²) >= 11 is 0. The molecule has 2 heterocycles. The van der Waals surface area contributed by atoms with Crippen LogP contribution in [0.4, 0.5) is 0 Å². The summed E-state index contributed by atoms with van der Waals surface area (Å²) in [5.74, 6) is 2.11. The average molecular weight is 412 g/mol. The first-order valence-electron chi connectivity index (χ1n) is 10.0. The van der Waals surface area contributed by atoms with Crippen LogP contribution in [0.15, 0.2) is 79.4 Å². The van der Waals surface area contributed by atoms with Gasteiger partial charge in [-0.1, -0.05) is 43.0 Å². The summed E-state index contributed by atoms with van der Waals surface area (Å²) < 4.78 is 13.4. The van der Waals surface area contributed by atoms with Crippen molar-refractivity contribution in [2.45, 2.75) is 20.0 Å². The van der Waals surface area contributed by atoms with Gasteiger partial charge in [-0.25, -0.2) is 0 Å². The van der Waals surface area contributed by atoms with Gasteiger partial charge in [-0.2, -0.15) is 9.61 Å². The Kier molecular flexibility index (Phi) is 5.80. The quantitative estimate of drug-likeness (QED) is 0.300. The van der Waals surface area contributed by atoms with E-state index in [4.69, 9.17) is 14.6 Å². The summed E-state index contributed by atoms with van der Waals surface area (Å²) in [5, 5.41) is 13.3. The maximum absolute atomic E-state index is 6.32. The van der Waals surface area contributed by atoms with Gasteiger partial charge >= 0.3 is 0 Å². The zero-order valence-electron chi connectivity index (χ0n) is 17.8. The Hall–Kier alpha value is -3.93. The second kappa shape index (κ2) is 8.83. The number of aryl methyl sites for hydroxylation is 1. The second-order valence-corrected chi connectivity index (χ2v) is 7.12. The molecular weight excluding hydrogens is 388 g/mol. The van der Waals surface area contributed by atoms with Gasteiger partial charge < -0.3 is 9.47 Å². The largest absolute Gasteiger partial charge is 0.497 e. The molecule has 0 aliphatic rings. The molecule has 0 saturated carbocycles. The predicted molar refractivity (Wildman–Crippen MR) is 122 cm³/mol. The van der Waals surface area contributed by atoms with Crippen molar-refractivity contribution in [1.29, 1.82) is 0 Å². The van der Waals surface area contributed by atoms with Crippen molar-refractivity contribution in [3.63, 3.8) is 0 Å². The van der Waals surface area contributed by atoms with E-state index in [1.165, 1.54) is 0 Å². The number of methoxy groups -OCH3 is 1. The lowest BCUT2D eigenvalue weighted by atomic mass is 10.1. The zero-order valence-corrected chi connectivity index (χ0v) is 17.8. The molecule has 4 aromatic rings. The molecule has 2 aromatic carbocycles. The normalized spacial score (nSPS) is 12.5. The Labute approximate surface area is 181 Å². The molecule has 1 atom stereocenters. The molecule has 0 spiro atoms. The number of allylic oxidation sites excluding steroid dienone is 2. The topological polar surface area (TPSA) is 61.5 Å². The third kappa shape index (κ3) is 4.19. The standard InChI is InChI=1S/C25H24N4O2/c1-5-9-23(21-13-12-20(30-4)16-17(21)2)31-18(3)25-27-26-24-15-14-22(28-29(24)25)19-10-7-6-8-11-19/h5-16,18H,1H2,2-4H3/b23-9+. The summed E-state index contributed by atoms with van der Waals surface area (Å²) in [5.41, 5.74) is 4.53. The number of benzene rings is 2. The highest BCUT2D eigenvalue weighted by atomic mass is 16.5. The maximum Gasteiger partial charge on any atom is 0.195 e. The highest BCUT2D eigenvalue weighted by Gasteiger charge is 2.19. The first-order valence-corrected chi connectivity index (χ1v) is 10.0. The Bertz CT molecular complexity index is 1250. The lowest BCUT2D eigenvalue weighted by Gasteiger charge is -2.18. The first-order chi connectivity index (χ1) is 15.1. The minimum absolute atomic E-state index is 0.388. The fraction of sp³-hybridized carbons (Fsp3) is 0.160. The van der Waals surface area contributed by atoms with E-state index in [1.807, 2.05) is 80.6 Å². The van der Waals surface area contributed by atoms with Crippen molar-refractivity contribution in [3.8, 4) is 17.0 Å². The molecule has 2 aromatic heterocycles. The van der Waals surface area contributed by atoms with Gasteiger partial charge in [0.2, 0.25) is 0 Å². The number of fused-ring (bicyclic) bond motifs is 1.